The summed E-state index contributed by atoms with van der Waals surface area (Å²) >= 11 is 0. The third-order valence-electron chi connectivity index (χ3n) is 3.26. The quantitative estimate of drug-likeness (QED) is 0.665. The van der Waals surface area contributed by atoms with Crippen molar-refractivity contribution >= 4 is 15.9 Å². The molecule has 0 bridgehead atoms. The summed E-state index contributed by atoms with van der Waals surface area (Å²) in [7, 11) is -3.39. The monoisotopic (exact) mass is 277 g/mol. The number of carbonyl (C=O) groups excluding carboxylic acids is 1. The van der Waals surface area contributed by atoms with Crippen LogP contribution in [-0.2, 0) is 14.8 Å². The van der Waals surface area contributed by atoms with Gasteiger partial charge in [-0.05, 0) is 19.3 Å². The van der Waals surface area contributed by atoms with Gasteiger partial charge >= 0.3 is 0 Å². The third kappa shape index (κ3) is 4.22. The van der Waals surface area contributed by atoms with Gasteiger partial charge in [-0.3, -0.25) is 4.79 Å². The molecule has 6 nitrogen and oxygen atoms in total. The number of hydrogen-bond acceptors (Lipinski definition) is 4. The number of hydrogen-bond donors (Lipinski definition) is 2. The maximum atomic E-state index is 11.8. The summed E-state index contributed by atoms with van der Waals surface area (Å²) in [5.41, 5.74) is 5.41. The molecule has 7 heteroatoms. The lowest BCUT2D eigenvalue weighted by Crippen LogP contribution is -2.40. The highest BCUT2D eigenvalue weighted by Gasteiger charge is 2.23. The molecule has 1 rings (SSSR count). The minimum absolute atomic E-state index is 0.0241. The van der Waals surface area contributed by atoms with Gasteiger partial charge in [0.25, 0.3) is 0 Å². The van der Waals surface area contributed by atoms with Crippen LogP contribution in [-0.4, -0.2) is 50.7 Å². The van der Waals surface area contributed by atoms with Crippen LogP contribution in [0.4, 0.5) is 0 Å². The zero-order chi connectivity index (χ0) is 13.6. The lowest BCUT2D eigenvalue weighted by Gasteiger charge is -2.17. The molecule has 1 aliphatic heterocycles. The molecule has 0 aliphatic carbocycles. The summed E-state index contributed by atoms with van der Waals surface area (Å²) in [6.45, 7) is 3.64. The first-order valence-electron chi connectivity index (χ1n) is 6.47. The highest BCUT2D eigenvalue weighted by atomic mass is 32.2. The molecule has 0 spiro atoms. The minimum Gasteiger partial charge on any atom is -0.343 e. The second kappa shape index (κ2) is 7.06. The Kier molecular flexibility index (Phi) is 6.04. The van der Waals surface area contributed by atoms with Gasteiger partial charge in [0.15, 0.2) is 0 Å². The fourth-order valence-electron chi connectivity index (χ4n) is 2.06. The van der Waals surface area contributed by atoms with E-state index in [1.54, 1.807) is 11.8 Å². The van der Waals surface area contributed by atoms with E-state index in [0.29, 0.717) is 6.42 Å². The standard InChI is InChI=1S/C11H23N3O3S/c1-2-10(9-12)18(16,17)13-6-5-11(15)14-7-3-4-8-14/h10,13H,2-9,12H2,1H3. The summed E-state index contributed by atoms with van der Waals surface area (Å²) in [6.07, 6.45) is 2.79. The molecule has 1 fully saturated rings. The first-order valence-corrected chi connectivity index (χ1v) is 8.02. The molecular formula is C11H23N3O3S. The van der Waals surface area contributed by atoms with Crippen LogP contribution >= 0.6 is 0 Å². The Morgan fingerprint density at radius 3 is 2.50 bits per heavy atom. The number of likely N-dealkylation sites (tertiary alicyclic amines) is 1. The first kappa shape index (κ1) is 15.4. The van der Waals surface area contributed by atoms with Crippen molar-refractivity contribution in [3.63, 3.8) is 0 Å². The molecule has 3 N–H and O–H groups in total. The van der Waals surface area contributed by atoms with E-state index in [4.69, 9.17) is 5.73 Å². The van der Waals surface area contributed by atoms with E-state index < -0.39 is 15.3 Å². The molecule has 18 heavy (non-hydrogen) atoms. The fourth-order valence-corrected chi connectivity index (χ4v) is 3.37. The van der Waals surface area contributed by atoms with Crippen molar-refractivity contribution in [1.29, 1.82) is 0 Å². The summed E-state index contributed by atoms with van der Waals surface area (Å²) < 4.78 is 26.0. The molecule has 1 heterocycles. The van der Waals surface area contributed by atoms with Gasteiger partial charge in [0.05, 0.1) is 5.25 Å². The van der Waals surface area contributed by atoms with Crippen molar-refractivity contribution in [3.8, 4) is 0 Å². The van der Waals surface area contributed by atoms with E-state index in [-0.39, 0.29) is 25.4 Å². The molecule has 1 aliphatic rings. The normalized spacial score (nSPS) is 18.0. The SMILES string of the molecule is CCC(CN)S(=O)(=O)NCCC(=O)N1CCCC1. The zero-order valence-corrected chi connectivity index (χ0v) is 11.7. The maximum absolute atomic E-state index is 11.8. The predicted molar refractivity (Wildman–Crippen MR) is 70.5 cm³/mol. The average Bonchev–Trinajstić information content (AvgIpc) is 2.83. The van der Waals surface area contributed by atoms with Gasteiger partial charge in [0, 0.05) is 32.6 Å². The molecule has 1 saturated heterocycles. The highest BCUT2D eigenvalue weighted by molar-refractivity contribution is 7.90. The summed E-state index contributed by atoms with van der Waals surface area (Å²) in [5, 5.41) is -0.570. The number of nitrogens with zero attached hydrogens (tertiary/aromatic N) is 1. The van der Waals surface area contributed by atoms with Crippen LogP contribution in [0.5, 0.6) is 0 Å². The van der Waals surface area contributed by atoms with Gasteiger partial charge in [-0.1, -0.05) is 6.92 Å². The molecule has 1 unspecified atom stereocenters. The largest absolute Gasteiger partial charge is 0.343 e. The second-order valence-electron chi connectivity index (χ2n) is 4.54. The summed E-state index contributed by atoms with van der Waals surface area (Å²) in [4.78, 5) is 13.5. The zero-order valence-electron chi connectivity index (χ0n) is 10.9. The Balaban J connectivity index is 2.34. The molecule has 106 valence electrons. The molecule has 0 radical (unpaired) electrons. The van der Waals surface area contributed by atoms with Crippen molar-refractivity contribution < 1.29 is 13.2 Å². The van der Waals surface area contributed by atoms with E-state index in [9.17, 15) is 13.2 Å². The summed E-state index contributed by atoms with van der Waals surface area (Å²) in [5.74, 6) is 0.0241. The van der Waals surface area contributed by atoms with Crippen molar-refractivity contribution in [1.82, 2.24) is 9.62 Å². The molecule has 0 saturated carbocycles. The van der Waals surface area contributed by atoms with Crippen LogP contribution in [0.1, 0.15) is 32.6 Å². The number of carbonyl (C=O) groups is 1. The van der Waals surface area contributed by atoms with Gasteiger partial charge in [-0.2, -0.15) is 0 Å². The van der Waals surface area contributed by atoms with Gasteiger partial charge in [0.2, 0.25) is 15.9 Å². The van der Waals surface area contributed by atoms with Gasteiger partial charge in [-0.25, -0.2) is 13.1 Å². The minimum atomic E-state index is -3.39. The fraction of sp³-hybridized carbons (Fsp3) is 0.909. The van der Waals surface area contributed by atoms with Crippen molar-refractivity contribution in [2.24, 2.45) is 5.73 Å². The molecular weight excluding hydrogens is 254 g/mol. The topological polar surface area (TPSA) is 92.5 Å². The first-order chi connectivity index (χ1) is 8.51. The van der Waals surface area contributed by atoms with Crippen LogP contribution in [0.2, 0.25) is 0 Å². The van der Waals surface area contributed by atoms with E-state index in [0.717, 1.165) is 25.9 Å². The highest BCUT2D eigenvalue weighted by Crippen LogP contribution is 2.09. The molecule has 0 aromatic heterocycles. The Morgan fingerprint density at radius 1 is 1.39 bits per heavy atom. The van der Waals surface area contributed by atoms with Crippen LogP contribution in [0.25, 0.3) is 0 Å². The number of sulfonamides is 1. The molecule has 1 atom stereocenters. The average molecular weight is 277 g/mol. The van der Waals surface area contributed by atoms with E-state index in [2.05, 4.69) is 4.72 Å². The van der Waals surface area contributed by atoms with Gasteiger partial charge in [0.1, 0.15) is 0 Å². The predicted octanol–water partition coefficient (Wildman–Crippen LogP) is -0.344. The van der Waals surface area contributed by atoms with E-state index in [1.165, 1.54) is 0 Å². The van der Waals surface area contributed by atoms with Crippen LogP contribution in [0.3, 0.4) is 0 Å². The Hall–Kier alpha value is -0.660. The Labute approximate surface area is 109 Å². The van der Waals surface area contributed by atoms with Crippen LogP contribution in [0.15, 0.2) is 0 Å². The van der Waals surface area contributed by atoms with E-state index in [1.807, 2.05) is 0 Å². The molecule has 0 aromatic carbocycles. The van der Waals surface area contributed by atoms with Crippen molar-refractivity contribution in [2.75, 3.05) is 26.2 Å². The maximum Gasteiger partial charge on any atom is 0.223 e. The second-order valence-corrected chi connectivity index (χ2v) is 6.59. The number of rotatable bonds is 7. The molecule has 1 amide bonds. The van der Waals surface area contributed by atoms with Gasteiger partial charge in [-0.15, -0.1) is 0 Å². The number of amides is 1. The Morgan fingerprint density at radius 2 is 2.00 bits per heavy atom. The number of nitrogens with two attached hydrogens (primary N) is 1. The lowest BCUT2D eigenvalue weighted by molar-refractivity contribution is -0.129. The molecule has 0 aromatic rings. The van der Waals surface area contributed by atoms with E-state index >= 15 is 0 Å². The summed E-state index contributed by atoms with van der Waals surface area (Å²) in [6, 6.07) is 0. The van der Waals surface area contributed by atoms with Crippen LogP contribution in [0, 0.1) is 0 Å². The lowest BCUT2D eigenvalue weighted by atomic mass is 10.3. The van der Waals surface area contributed by atoms with Crippen molar-refractivity contribution in [2.45, 2.75) is 37.9 Å². The van der Waals surface area contributed by atoms with Crippen molar-refractivity contribution in [3.05, 3.63) is 0 Å². The smallest absolute Gasteiger partial charge is 0.223 e. The van der Waals surface area contributed by atoms with Gasteiger partial charge < -0.3 is 10.6 Å². The Bertz CT molecular complexity index is 360. The third-order valence-corrected chi connectivity index (χ3v) is 5.27. The van der Waals surface area contributed by atoms with Crippen LogP contribution < -0.4 is 10.5 Å². The number of nitrogens with one attached hydrogen (secondary N) is 1.